The number of hydrogen-bond donors (Lipinski definition) is 4. The molecule has 1 rings (SSSR count). The summed E-state index contributed by atoms with van der Waals surface area (Å²) in [4.78, 5) is 35.4. The maximum atomic E-state index is 12.9. The van der Waals surface area contributed by atoms with Gasteiger partial charge in [0.05, 0.1) is 24.4 Å². The first-order valence-electron chi connectivity index (χ1n) is 34.0. The third-order valence-corrected chi connectivity index (χ3v) is 18.3. The maximum absolute atomic E-state index is 12.9. The lowest BCUT2D eigenvalue weighted by Gasteiger charge is -2.34. The second-order valence-corrected chi connectivity index (χ2v) is 26.5. The largest absolute Gasteiger partial charge is 0.392 e. The molecule has 4 unspecified atom stereocenters. The molecule has 0 amide bonds. The number of rotatable bonds is 60. The number of unbranched alkanes of at least 4 members (excludes halogenated alkanes) is 30. The second-order valence-electron chi connectivity index (χ2n) is 24.2. The summed E-state index contributed by atoms with van der Waals surface area (Å²) in [6, 6.07) is 0. The summed E-state index contributed by atoms with van der Waals surface area (Å²) in [7, 11) is 0. The Balaban J connectivity index is 2.36. The smallest absolute Gasteiger partial charge is 0.188 e. The standard InChI is InChI=1S/C66H132N4O6S2/c1-5-9-13-17-21-25-29-33-41-61(71)57-69(58-62(72)42-34-30-26-22-18-14-10-6-2)47-39-37-45-65(75)77-55-53-67-49-51-68(52-50-67)54-56-78-66(76)46-38-40-48-70(59-63(73)43-35-31-27-23-19-15-11-7-3)60-64(74)44-36-32-28-24-20-16-12-8-4/h61-64,71-74H,5-60H2,1-4H3. The van der Waals surface area contributed by atoms with Gasteiger partial charge in [0.2, 0.25) is 0 Å². The van der Waals surface area contributed by atoms with E-state index in [1.54, 1.807) is 0 Å². The first kappa shape index (κ1) is 75.7. The zero-order chi connectivity index (χ0) is 56.8. The molecule has 78 heavy (non-hydrogen) atoms. The predicted molar refractivity (Wildman–Crippen MR) is 341 cm³/mol. The first-order chi connectivity index (χ1) is 38.1. The van der Waals surface area contributed by atoms with Crippen molar-refractivity contribution < 1.29 is 30.0 Å². The van der Waals surface area contributed by atoms with Crippen LogP contribution in [0.5, 0.6) is 0 Å². The highest BCUT2D eigenvalue weighted by molar-refractivity contribution is 8.13. The van der Waals surface area contributed by atoms with Gasteiger partial charge in [0.15, 0.2) is 10.2 Å². The molecule has 0 spiro atoms. The zero-order valence-electron chi connectivity index (χ0n) is 52.1. The first-order valence-corrected chi connectivity index (χ1v) is 36.0. The van der Waals surface area contributed by atoms with E-state index in [9.17, 15) is 30.0 Å². The lowest BCUT2D eigenvalue weighted by atomic mass is 10.0. The minimum atomic E-state index is -0.367. The fraction of sp³-hybridized carbons (Fsp3) is 0.970. The van der Waals surface area contributed by atoms with Gasteiger partial charge in [0.25, 0.3) is 0 Å². The predicted octanol–water partition coefficient (Wildman–Crippen LogP) is 15.6. The number of piperazine rings is 1. The van der Waals surface area contributed by atoms with E-state index in [1.807, 2.05) is 0 Å². The summed E-state index contributed by atoms with van der Waals surface area (Å²) in [6.07, 6.45) is 46.9. The quantitative estimate of drug-likeness (QED) is 0.0433. The lowest BCUT2D eigenvalue weighted by Crippen LogP contribution is -2.47. The van der Waals surface area contributed by atoms with E-state index in [0.717, 1.165) is 141 Å². The van der Waals surface area contributed by atoms with Gasteiger partial charge in [-0.2, -0.15) is 0 Å². The molecule has 1 heterocycles. The Labute approximate surface area is 492 Å². The highest BCUT2D eigenvalue weighted by Crippen LogP contribution is 2.19. The van der Waals surface area contributed by atoms with Crippen molar-refractivity contribution in [1.82, 2.24) is 19.6 Å². The summed E-state index contributed by atoms with van der Waals surface area (Å²) in [5, 5.41) is 44.6. The third kappa shape index (κ3) is 50.3. The molecule has 10 nitrogen and oxygen atoms in total. The number of nitrogens with zero attached hydrogens (tertiary/aromatic N) is 4. The summed E-state index contributed by atoms with van der Waals surface area (Å²) in [5.41, 5.74) is 0. The molecule has 12 heteroatoms. The molecular weight excluding hydrogens is 1010 g/mol. The van der Waals surface area contributed by atoms with E-state index < -0.39 is 0 Å². The van der Waals surface area contributed by atoms with E-state index in [-0.39, 0.29) is 34.6 Å². The molecule has 0 aromatic rings. The average molecular weight is 1140 g/mol. The average Bonchev–Trinajstić information content (AvgIpc) is 3.42. The molecule has 1 fully saturated rings. The Morgan fingerprint density at radius 2 is 0.577 bits per heavy atom. The van der Waals surface area contributed by atoms with Crippen molar-refractivity contribution in [3.05, 3.63) is 0 Å². The van der Waals surface area contributed by atoms with Gasteiger partial charge in [0.1, 0.15) is 0 Å². The van der Waals surface area contributed by atoms with Crippen LogP contribution in [0.25, 0.3) is 0 Å². The normalized spacial score (nSPS) is 15.2. The molecule has 0 saturated carbocycles. The van der Waals surface area contributed by atoms with Crippen LogP contribution in [0.4, 0.5) is 0 Å². The van der Waals surface area contributed by atoms with Crippen molar-refractivity contribution in [1.29, 1.82) is 0 Å². The van der Waals surface area contributed by atoms with E-state index in [2.05, 4.69) is 47.3 Å². The molecule has 0 aliphatic carbocycles. The molecule has 1 aliphatic rings. The van der Waals surface area contributed by atoms with Gasteiger partial charge in [-0.05, 0) is 64.5 Å². The van der Waals surface area contributed by atoms with Crippen molar-refractivity contribution in [3.63, 3.8) is 0 Å². The van der Waals surface area contributed by atoms with Gasteiger partial charge in [0, 0.05) is 89.8 Å². The monoisotopic (exact) mass is 1140 g/mol. The van der Waals surface area contributed by atoms with Gasteiger partial charge < -0.3 is 20.4 Å². The van der Waals surface area contributed by atoms with Gasteiger partial charge in [-0.25, -0.2) is 0 Å². The van der Waals surface area contributed by atoms with Gasteiger partial charge in [-0.15, -0.1) is 0 Å². The molecule has 4 atom stereocenters. The summed E-state index contributed by atoms with van der Waals surface area (Å²) < 4.78 is 0. The topological polar surface area (TPSA) is 128 Å². The number of hydrogen-bond acceptors (Lipinski definition) is 12. The minimum absolute atomic E-state index is 0.273. The summed E-state index contributed by atoms with van der Waals surface area (Å²) in [6.45, 7) is 18.9. The third-order valence-electron chi connectivity index (χ3n) is 16.5. The van der Waals surface area contributed by atoms with Crippen molar-refractivity contribution in [2.45, 2.75) is 322 Å². The van der Waals surface area contributed by atoms with Crippen LogP contribution >= 0.6 is 23.5 Å². The van der Waals surface area contributed by atoms with Crippen LogP contribution in [0.2, 0.25) is 0 Å². The van der Waals surface area contributed by atoms with Crippen LogP contribution in [0.1, 0.15) is 297 Å². The second kappa shape index (κ2) is 57.2. The maximum Gasteiger partial charge on any atom is 0.188 e. The van der Waals surface area contributed by atoms with E-state index >= 15 is 0 Å². The minimum Gasteiger partial charge on any atom is -0.392 e. The highest BCUT2D eigenvalue weighted by Gasteiger charge is 2.20. The molecule has 0 radical (unpaired) electrons. The molecule has 1 saturated heterocycles. The fourth-order valence-electron chi connectivity index (χ4n) is 11.3. The Bertz CT molecular complexity index is 1130. The van der Waals surface area contributed by atoms with Crippen LogP contribution in [0, 0.1) is 0 Å². The number of aliphatic hydroxyl groups is 4. The SMILES string of the molecule is CCCCCCCCCCC(O)CN(CCCCC(=O)SCCN1CCN(CCSC(=O)CCCCN(CC(O)CCCCCCCCCC)CC(O)CCCCCCCCCC)CC1)CC(O)CCCCCCCCCC. The Morgan fingerprint density at radius 1 is 0.346 bits per heavy atom. The van der Waals surface area contributed by atoms with E-state index in [1.165, 1.54) is 203 Å². The highest BCUT2D eigenvalue weighted by atomic mass is 32.2. The van der Waals surface area contributed by atoms with Crippen molar-refractivity contribution in [3.8, 4) is 0 Å². The van der Waals surface area contributed by atoms with Gasteiger partial charge >= 0.3 is 0 Å². The molecule has 464 valence electrons. The molecule has 4 N–H and O–H groups in total. The van der Waals surface area contributed by atoms with Gasteiger partial charge in [-0.3, -0.25) is 29.2 Å². The number of carbonyl (C=O) groups excluding carboxylic acids is 2. The summed E-state index contributed by atoms with van der Waals surface area (Å²) in [5.74, 6) is 1.64. The summed E-state index contributed by atoms with van der Waals surface area (Å²) >= 11 is 2.96. The van der Waals surface area contributed by atoms with Gasteiger partial charge in [-0.1, -0.05) is 257 Å². The molecule has 1 aliphatic heterocycles. The number of carbonyl (C=O) groups is 2. The van der Waals surface area contributed by atoms with Crippen LogP contribution < -0.4 is 0 Å². The van der Waals surface area contributed by atoms with E-state index in [0.29, 0.717) is 39.0 Å². The van der Waals surface area contributed by atoms with Crippen molar-refractivity contribution in [2.75, 3.05) is 90.0 Å². The molecule has 0 aromatic carbocycles. The Hall–Kier alpha value is -0.280. The molecule has 0 aromatic heterocycles. The van der Waals surface area contributed by atoms with Crippen LogP contribution in [-0.2, 0) is 9.59 Å². The van der Waals surface area contributed by atoms with Crippen molar-refractivity contribution >= 4 is 33.8 Å². The zero-order valence-corrected chi connectivity index (χ0v) is 53.8. The van der Waals surface area contributed by atoms with Crippen LogP contribution in [0.15, 0.2) is 0 Å². The Morgan fingerprint density at radius 3 is 0.821 bits per heavy atom. The number of aliphatic hydroxyl groups excluding tert-OH is 4. The fourth-order valence-corrected chi connectivity index (χ4v) is 13.0. The molecule has 0 bridgehead atoms. The lowest BCUT2D eigenvalue weighted by molar-refractivity contribution is -0.111. The number of thioether (sulfide) groups is 2. The van der Waals surface area contributed by atoms with E-state index in [4.69, 9.17) is 0 Å². The van der Waals surface area contributed by atoms with Crippen LogP contribution in [-0.4, -0.2) is 165 Å². The Kier molecular flexibility index (Phi) is 55.5. The van der Waals surface area contributed by atoms with Crippen molar-refractivity contribution in [2.24, 2.45) is 0 Å². The van der Waals surface area contributed by atoms with Crippen LogP contribution in [0.3, 0.4) is 0 Å². The molecular formula is C66H132N4O6S2.